The first kappa shape index (κ1) is 17.4. The molecule has 26 heavy (non-hydrogen) atoms. The molecule has 1 aromatic heterocycles. The molecule has 4 heteroatoms. The molecule has 2 N–H and O–H groups in total. The van der Waals surface area contributed by atoms with E-state index in [9.17, 15) is 15.0 Å². The molecule has 1 aromatic carbocycles. The Bertz CT molecular complexity index is 891. The van der Waals surface area contributed by atoms with Crippen molar-refractivity contribution in [2.75, 3.05) is 0 Å². The van der Waals surface area contributed by atoms with E-state index in [0.717, 1.165) is 42.4 Å². The first-order chi connectivity index (χ1) is 12.2. The summed E-state index contributed by atoms with van der Waals surface area (Å²) in [7, 11) is 0. The highest BCUT2D eigenvalue weighted by atomic mass is 16.3. The number of hydrogen-bond donors (Lipinski definition) is 2. The second-order valence-corrected chi connectivity index (χ2v) is 9.28. The Morgan fingerprint density at radius 2 is 1.92 bits per heavy atom. The molecule has 0 amide bonds. The molecule has 1 heterocycles. The summed E-state index contributed by atoms with van der Waals surface area (Å²) in [5.41, 5.74) is 1.79. The normalized spacial score (nSPS) is 30.5. The van der Waals surface area contributed by atoms with Crippen LogP contribution in [-0.4, -0.2) is 16.5 Å². The van der Waals surface area contributed by atoms with Crippen molar-refractivity contribution in [3.05, 3.63) is 23.0 Å². The second-order valence-electron chi connectivity index (χ2n) is 9.28. The number of aldehydes is 1. The van der Waals surface area contributed by atoms with Gasteiger partial charge in [0.05, 0.1) is 0 Å². The number of carbonyl (C=O) groups is 1. The standard InChI is InChI=1S/C22H28O4/c1-12-6-7-16-21(2,3)8-5-9-22(16,4)17-13-10-15(24)18(25)14(11-23)20(13)26-19(12)17/h10-12,16,24-25H,5-9H2,1-4H3/t12-,16-,22+/m0/s1. The summed E-state index contributed by atoms with van der Waals surface area (Å²) >= 11 is 0. The van der Waals surface area contributed by atoms with Gasteiger partial charge in [-0.2, -0.15) is 0 Å². The van der Waals surface area contributed by atoms with Crippen LogP contribution in [0.15, 0.2) is 10.5 Å². The number of aromatic hydroxyl groups is 2. The molecule has 3 atom stereocenters. The number of furan rings is 1. The Morgan fingerprint density at radius 3 is 2.62 bits per heavy atom. The second kappa shape index (κ2) is 5.51. The van der Waals surface area contributed by atoms with Gasteiger partial charge in [0.2, 0.25) is 0 Å². The van der Waals surface area contributed by atoms with Crippen LogP contribution in [0.1, 0.15) is 87.4 Å². The fraction of sp³-hybridized carbons (Fsp3) is 0.591. The average Bonchev–Trinajstić information content (AvgIpc) is 2.89. The molecule has 4 rings (SSSR count). The predicted molar refractivity (Wildman–Crippen MR) is 101 cm³/mol. The van der Waals surface area contributed by atoms with E-state index >= 15 is 0 Å². The van der Waals surface area contributed by atoms with E-state index in [1.54, 1.807) is 6.07 Å². The number of phenolic OH excluding ortho intramolecular Hbond substituents is 2. The number of fused-ring (bicyclic) bond motifs is 5. The van der Waals surface area contributed by atoms with E-state index in [-0.39, 0.29) is 28.1 Å². The van der Waals surface area contributed by atoms with Crippen LogP contribution in [-0.2, 0) is 5.41 Å². The maximum absolute atomic E-state index is 11.6. The maximum Gasteiger partial charge on any atom is 0.172 e. The molecule has 0 radical (unpaired) electrons. The summed E-state index contributed by atoms with van der Waals surface area (Å²) in [6.07, 6.45) is 6.23. The van der Waals surface area contributed by atoms with Gasteiger partial charge in [-0.15, -0.1) is 0 Å². The molecule has 0 bridgehead atoms. The molecule has 2 aliphatic carbocycles. The minimum atomic E-state index is -0.394. The van der Waals surface area contributed by atoms with Crippen LogP contribution in [0.3, 0.4) is 0 Å². The Balaban J connectivity index is 2.09. The van der Waals surface area contributed by atoms with Gasteiger partial charge < -0.3 is 14.6 Å². The van der Waals surface area contributed by atoms with Crippen molar-refractivity contribution in [1.29, 1.82) is 0 Å². The minimum absolute atomic E-state index is 0.0514. The van der Waals surface area contributed by atoms with Crippen LogP contribution in [0.4, 0.5) is 0 Å². The quantitative estimate of drug-likeness (QED) is 0.512. The average molecular weight is 356 g/mol. The van der Waals surface area contributed by atoms with Gasteiger partial charge in [-0.3, -0.25) is 4.79 Å². The van der Waals surface area contributed by atoms with Gasteiger partial charge in [0.25, 0.3) is 0 Å². The monoisotopic (exact) mass is 356 g/mol. The van der Waals surface area contributed by atoms with E-state index in [2.05, 4.69) is 27.7 Å². The first-order valence-corrected chi connectivity index (χ1v) is 9.67. The molecule has 2 aromatic rings. The van der Waals surface area contributed by atoms with E-state index < -0.39 is 5.75 Å². The highest BCUT2D eigenvalue weighted by Gasteiger charge is 2.51. The van der Waals surface area contributed by atoms with Crippen molar-refractivity contribution in [3.8, 4) is 11.5 Å². The van der Waals surface area contributed by atoms with Gasteiger partial charge in [0, 0.05) is 16.9 Å². The van der Waals surface area contributed by atoms with Crippen molar-refractivity contribution in [3.63, 3.8) is 0 Å². The Hall–Kier alpha value is -1.97. The first-order valence-electron chi connectivity index (χ1n) is 9.67. The lowest BCUT2D eigenvalue weighted by Crippen LogP contribution is -2.44. The van der Waals surface area contributed by atoms with Crippen molar-refractivity contribution >= 4 is 17.3 Å². The van der Waals surface area contributed by atoms with Crippen molar-refractivity contribution in [2.24, 2.45) is 11.3 Å². The van der Waals surface area contributed by atoms with E-state index in [1.807, 2.05) is 0 Å². The fourth-order valence-corrected chi connectivity index (χ4v) is 5.97. The number of benzene rings is 1. The molecule has 140 valence electrons. The molecule has 0 aliphatic heterocycles. The van der Waals surface area contributed by atoms with Gasteiger partial charge in [0.15, 0.2) is 17.8 Å². The molecular formula is C22H28O4. The topological polar surface area (TPSA) is 70.7 Å². The third-order valence-electron chi connectivity index (χ3n) is 7.25. The van der Waals surface area contributed by atoms with Gasteiger partial charge in [-0.25, -0.2) is 0 Å². The Kier molecular flexibility index (Phi) is 3.70. The van der Waals surface area contributed by atoms with Gasteiger partial charge in [0.1, 0.15) is 16.9 Å². The smallest absolute Gasteiger partial charge is 0.172 e. The molecule has 4 nitrogen and oxygen atoms in total. The predicted octanol–water partition coefficient (Wildman–Crippen LogP) is 5.64. The van der Waals surface area contributed by atoms with Crippen LogP contribution in [0.25, 0.3) is 11.0 Å². The highest BCUT2D eigenvalue weighted by molar-refractivity contribution is 6.01. The van der Waals surface area contributed by atoms with Gasteiger partial charge in [-0.1, -0.05) is 34.1 Å². The molecular weight excluding hydrogens is 328 g/mol. The van der Waals surface area contributed by atoms with E-state index in [4.69, 9.17) is 4.42 Å². The number of carbonyl (C=O) groups excluding carboxylic acids is 1. The summed E-state index contributed by atoms with van der Waals surface area (Å²) in [6.45, 7) is 9.24. The van der Waals surface area contributed by atoms with Crippen LogP contribution >= 0.6 is 0 Å². The van der Waals surface area contributed by atoms with Crippen LogP contribution in [0, 0.1) is 11.3 Å². The zero-order chi connectivity index (χ0) is 18.9. The zero-order valence-electron chi connectivity index (χ0n) is 16.1. The lowest BCUT2D eigenvalue weighted by molar-refractivity contribution is 0.0504. The summed E-state index contributed by atoms with van der Waals surface area (Å²) in [5.74, 6) is 1.05. The van der Waals surface area contributed by atoms with E-state index in [0.29, 0.717) is 17.8 Å². The number of rotatable bonds is 1. The minimum Gasteiger partial charge on any atom is -0.504 e. The molecule has 1 fully saturated rings. The molecule has 0 saturated heterocycles. The van der Waals surface area contributed by atoms with Gasteiger partial charge in [-0.05, 0) is 48.5 Å². The maximum atomic E-state index is 11.6. The third-order valence-corrected chi connectivity index (χ3v) is 7.25. The SMILES string of the molecule is C[C@H]1CC[C@H]2C(C)(C)CCC[C@@]2(C)c2c1oc1c(C=O)c(O)c(O)cc21. The van der Waals surface area contributed by atoms with Gasteiger partial charge >= 0.3 is 0 Å². The summed E-state index contributed by atoms with van der Waals surface area (Å²) in [4.78, 5) is 11.6. The fourth-order valence-electron chi connectivity index (χ4n) is 5.97. The van der Waals surface area contributed by atoms with Crippen LogP contribution in [0.5, 0.6) is 11.5 Å². The van der Waals surface area contributed by atoms with Crippen LogP contribution in [0.2, 0.25) is 0 Å². The number of hydrogen-bond acceptors (Lipinski definition) is 4. The summed E-state index contributed by atoms with van der Waals surface area (Å²) in [5, 5.41) is 21.1. The number of phenols is 2. The molecule has 2 aliphatic rings. The summed E-state index contributed by atoms with van der Waals surface area (Å²) in [6, 6.07) is 1.59. The van der Waals surface area contributed by atoms with Crippen molar-refractivity contribution in [2.45, 2.75) is 71.1 Å². The Labute approximate surface area is 154 Å². The highest BCUT2D eigenvalue weighted by Crippen LogP contribution is 2.60. The Morgan fingerprint density at radius 1 is 1.19 bits per heavy atom. The third kappa shape index (κ3) is 2.17. The molecule has 1 saturated carbocycles. The lowest BCUT2D eigenvalue weighted by Gasteiger charge is -2.50. The van der Waals surface area contributed by atoms with Crippen molar-refractivity contribution < 1.29 is 19.4 Å². The molecule has 0 spiro atoms. The largest absolute Gasteiger partial charge is 0.504 e. The lowest BCUT2D eigenvalue weighted by atomic mass is 9.53. The van der Waals surface area contributed by atoms with Crippen LogP contribution < -0.4 is 0 Å². The van der Waals surface area contributed by atoms with E-state index in [1.165, 1.54) is 6.42 Å². The van der Waals surface area contributed by atoms with Crippen molar-refractivity contribution in [1.82, 2.24) is 0 Å². The zero-order valence-corrected chi connectivity index (χ0v) is 16.1. The summed E-state index contributed by atoms with van der Waals surface area (Å²) < 4.78 is 6.22. The molecule has 0 unspecified atom stereocenters.